The van der Waals surface area contributed by atoms with Crippen molar-refractivity contribution in [2.24, 2.45) is 14.1 Å². The quantitative estimate of drug-likeness (QED) is 0.189. The minimum atomic E-state index is -0.788. The molecule has 0 radical (unpaired) electrons. The molecule has 2 N–H and O–H groups in total. The number of benzene rings is 2. The number of non-ortho nitro benzene ring substituents is 1. The summed E-state index contributed by atoms with van der Waals surface area (Å²) in [5.41, 5.74) is 5.19. The molecule has 2 spiro atoms. The number of nitrogens with zero attached hydrogens (tertiary/aromatic N) is 7. The van der Waals surface area contributed by atoms with Gasteiger partial charge in [0.05, 0.1) is 37.0 Å². The fourth-order valence-corrected chi connectivity index (χ4v) is 5.09. The Kier molecular flexibility index (Phi) is 4.84. The second-order valence-corrected chi connectivity index (χ2v) is 9.94. The predicted molar refractivity (Wildman–Crippen MR) is 135 cm³/mol. The Morgan fingerprint density at radius 2 is 1.30 bits per heavy atom. The van der Waals surface area contributed by atoms with Crippen LogP contribution in [-0.2, 0) is 34.8 Å². The molecule has 206 valence electrons. The maximum absolute atomic E-state index is 12.3. The lowest BCUT2D eigenvalue weighted by Crippen LogP contribution is -2.55. The molecule has 0 aliphatic carbocycles. The molecule has 0 bridgehead atoms. The number of nitrogen functional groups attached to an aromatic ring is 1. The van der Waals surface area contributed by atoms with Crippen LogP contribution in [0.15, 0.2) is 46.0 Å². The van der Waals surface area contributed by atoms with E-state index in [-0.39, 0.29) is 17.1 Å². The van der Waals surface area contributed by atoms with Gasteiger partial charge in [-0.2, -0.15) is 10.2 Å². The van der Waals surface area contributed by atoms with Crippen molar-refractivity contribution in [2.45, 2.75) is 11.2 Å². The average Bonchev–Trinajstić information content (AvgIpc) is 3.36. The summed E-state index contributed by atoms with van der Waals surface area (Å²) < 4.78 is 27.7. The number of nitrogens with two attached hydrogens (primary N) is 1. The van der Waals surface area contributed by atoms with Crippen LogP contribution in [0.25, 0.3) is 11.4 Å². The van der Waals surface area contributed by atoms with E-state index in [4.69, 9.17) is 24.7 Å². The first-order chi connectivity index (χ1) is 19.1. The number of aryl methyl sites for hydroxylation is 2. The summed E-state index contributed by atoms with van der Waals surface area (Å²) >= 11 is 0. The zero-order valence-electron chi connectivity index (χ0n) is 21.3. The molecule has 0 unspecified atom stereocenters. The van der Waals surface area contributed by atoms with Crippen molar-refractivity contribution < 1.29 is 23.9 Å². The highest BCUT2D eigenvalue weighted by Gasteiger charge is 2.52. The van der Waals surface area contributed by atoms with Crippen LogP contribution in [0.3, 0.4) is 0 Å². The molecule has 40 heavy (non-hydrogen) atoms. The molecular formula is C24H22N8O8. The van der Waals surface area contributed by atoms with Gasteiger partial charge in [-0.25, -0.2) is 28.1 Å². The Bertz CT molecular complexity index is 1840. The molecule has 2 saturated heterocycles. The Morgan fingerprint density at radius 3 is 1.75 bits per heavy atom. The summed E-state index contributed by atoms with van der Waals surface area (Å²) in [6, 6.07) is 9.39. The number of hydrogen-bond acceptors (Lipinski definition) is 11. The summed E-state index contributed by atoms with van der Waals surface area (Å²) in [6.45, 7) is 1.38. The highest BCUT2D eigenvalue weighted by molar-refractivity contribution is 5.59. The van der Waals surface area contributed by atoms with E-state index >= 15 is 0 Å². The molecule has 4 aliphatic rings. The van der Waals surface area contributed by atoms with Crippen LogP contribution < -0.4 is 26.6 Å². The lowest BCUT2D eigenvalue weighted by molar-refractivity contribution is -0.384. The minimum Gasteiger partial charge on any atom is -0.472 e. The average molecular weight is 550 g/mol. The fraction of sp³-hybridized carbons (Fsp3) is 0.333. The van der Waals surface area contributed by atoms with Gasteiger partial charge in [-0.15, -0.1) is 0 Å². The molecule has 0 atom stereocenters. The largest absolute Gasteiger partial charge is 0.472 e. The van der Waals surface area contributed by atoms with E-state index in [0.717, 1.165) is 0 Å². The van der Waals surface area contributed by atoms with E-state index < -0.39 is 16.1 Å². The standard InChI is InChI=1S/C12H10N4O5.C12H12N4O3/c1-14-11(17)15-8-4-7(16(18)19)2-3-9(8)21-12(5-20-6-12)10(15)13-14;1-15-11(17)16-8-4-7(13)2-3-9(8)19-12(5-18-6-12)10(16)14-15/h2-4H,5-6H2,1H3;2-4H,5-6,13H2,1H3. The lowest BCUT2D eigenvalue weighted by atomic mass is 9.98. The fourth-order valence-electron chi connectivity index (χ4n) is 5.09. The van der Waals surface area contributed by atoms with Crippen LogP contribution in [-0.4, -0.2) is 60.0 Å². The predicted octanol–water partition coefficient (Wildman–Crippen LogP) is -0.132. The van der Waals surface area contributed by atoms with Crippen molar-refractivity contribution >= 4 is 11.4 Å². The maximum atomic E-state index is 12.3. The second kappa shape index (κ2) is 8.03. The smallest absolute Gasteiger partial charge is 0.350 e. The van der Waals surface area contributed by atoms with Gasteiger partial charge >= 0.3 is 11.4 Å². The van der Waals surface area contributed by atoms with E-state index in [1.165, 1.54) is 39.2 Å². The molecule has 8 rings (SSSR count). The molecule has 2 aromatic carbocycles. The molecular weight excluding hydrogens is 528 g/mol. The zero-order chi connectivity index (χ0) is 28.0. The maximum Gasteiger partial charge on any atom is 0.350 e. The molecule has 6 heterocycles. The summed E-state index contributed by atoms with van der Waals surface area (Å²) in [5, 5.41) is 19.4. The van der Waals surface area contributed by atoms with Crippen LogP contribution in [0.2, 0.25) is 0 Å². The van der Waals surface area contributed by atoms with Gasteiger partial charge in [-0.3, -0.25) is 10.1 Å². The van der Waals surface area contributed by atoms with Crippen molar-refractivity contribution in [1.29, 1.82) is 0 Å². The molecule has 0 saturated carbocycles. The molecule has 16 heteroatoms. The number of rotatable bonds is 1. The summed E-state index contributed by atoms with van der Waals surface area (Å²) in [4.78, 5) is 34.9. The van der Waals surface area contributed by atoms with Gasteiger partial charge in [0.25, 0.3) is 5.69 Å². The molecule has 16 nitrogen and oxygen atoms in total. The monoisotopic (exact) mass is 550 g/mol. The number of fused-ring (bicyclic) bond motifs is 8. The third kappa shape index (κ3) is 3.19. The van der Waals surface area contributed by atoms with E-state index in [9.17, 15) is 19.7 Å². The van der Waals surface area contributed by atoms with E-state index in [1.54, 1.807) is 29.8 Å². The number of ether oxygens (including phenoxy) is 4. The number of nitro groups is 1. The molecule has 2 fully saturated rings. The Hall–Kier alpha value is -4.96. The van der Waals surface area contributed by atoms with Crippen molar-refractivity contribution in [3.63, 3.8) is 0 Å². The highest BCUT2D eigenvalue weighted by Crippen LogP contribution is 2.43. The van der Waals surface area contributed by atoms with Gasteiger partial charge in [0.15, 0.2) is 11.6 Å². The SMILES string of the molecule is Cn1nc2n(c1=O)-c1cc(N)ccc1OC21COC1.Cn1nc2n(c1=O)-c1cc([N+](=O)[O-])ccc1OC21COC1. The van der Waals surface area contributed by atoms with Gasteiger partial charge in [0.2, 0.25) is 11.2 Å². The Labute approximate surface area is 223 Å². The molecule has 0 amide bonds. The highest BCUT2D eigenvalue weighted by atomic mass is 16.6. The molecule has 4 aromatic rings. The van der Waals surface area contributed by atoms with Gasteiger partial charge < -0.3 is 24.7 Å². The first kappa shape index (κ1) is 24.1. The van der Waals surface area contributed by atoms with Crippen LogP contribution in [0.5, 0.6) is 11.5 Å². The number of anilines is 1. The zero-order valence-corrected chi connectivity index (χ0v) is 21.3. The number of nitro benzene ring substituents is 1. The summed E-state index contributed by atoms with van der Waals surface area (Å²) in [6.07, 6.45) is 0. The topological polar surface area (TPSA) is 186 Å². The van der Waals surface area contributed by atoms with E-state index in [0.29, 0.717) is 66.6 Å². The van der Waals surface area contributed by atoms with Crippen molar-refractivity contribution in [2.75, 3.05) is 32.2 Å². The van der Waals surface area contributed by atoms with Gasteiger partial charge in [-0.05, 0) is 24.3 Å². The first-order valence-electron chi connectivity index (χ1n) is 12.2. The van der Waals surface area contributed by atoms with Crippen LogP contribution >= 0.6 is 0 Å². The molecule has 2 aromatic heterocycles. The third-order valence-corrected chi connectivity index (χ3v) is 7.23. The molecule has 4 aliphatic heterocycles. The summed E-state index contributed by atoms with van der Waals surface area (Å²) in [7, 11) is 3.14. The van der Waals surface area contributed by atoms with Crippen molar-refractivity contribution in [3.8, 4) is 22.9 Å². The van der Waals surface area contributed by atoms with Crippen LogP contribution in [0, 0.1) is 10.1 Å². The van der Waals surface area contributed by atoms with E-state index in [1.807, 2.05) is 0 Å². The minimum absolute atomic E-state index is 0.111. The number of hydrogen-bond donors (Lipinski definition) is 1. The first-order valence-corrected chi connectivity index (χ1v) is 12.2. The van der Waals surface area contributed by atoms with E-state index in [2.05, 4.69) is 10.2 Å². The number of aromatic nitrogens is 6. The van der Waals surface area contributed by atoms with Crippen molar-refractivity contribution in [3.05, 3.63) is 79.1 Å². The lowest BCUT2D eigenvalue weighted by Gasteiger charge is -2.43. The van der Waals surface area contributed by atoms with Crippen LogP contribution in [0.4, 0.5) is 11.4 Å². The Balaban J connectivity index is 0.000000133. The van der Waals surface area contributed by atoms with Gasteiger partial charge in [0.1, 0.15) is 17.2 Å². The van der Waals surface area contributed by atoms with Gasteiger partial charge in [0, 0.05) is 31.9 Å². The van der Waals surface area contributed by atoms with Crippen molar-refractivity contribution in [1.82, 2.24) is 28.7 Å². The van der Waals surface area contributed by atoms with Gasteiger partial charge in [-0.1, -0.05) is 0 Å². The third-order valence-electron chi connectivity index (χ3n) is 7.23. The summed E-state index contributed by atoms with van der Waals surface area (Å²) in [5.74, 6) is 2.02. The van der Waals surface area contributed by atoms with Crippen LogP contribution in [0.1, 0.15) is 11.6 Å². The second-order valence-electron chi connectivity index (χ2n) is 9.94. The normalized spacial score (nSPS) is 17.9. The Morgan fingerprint density at radius 1 is 0.825 bits per heavy atom.